The van der Waals surface area contributed by atoms with Crippen LogP contribution in [0.1, 0.15) is 35.0 Å². The number of fused-ring (bicyclic) bond motifs is 5. The third-order valence-electron chi connectivity index (χ3n) is 4.72. The minimum absolute atomic E-state index is 0.133. The van der Waals surface area contributed by atoms with E-state index in [-0.39, 0.29) is 18.5 Å². The zero-order valence-corrected chi connectivity index (χ0v) is 13.1. The fourth-order valence-electron chi connectivity index (χ4n) is 3.53. The number of aryl methyl sites for hydroxylation is 1. The second-order valence-electron chi connectivity index (χ2n) is 5.96. The SMILES string of the molecule is CCOC(=O)[C@@]12CCN1C(=O)c1cc(C)ccc1-n1cncc12. The van der Waals surface area contributed by atoms with Gasteiger partial charge in [0.25, 0.3) is 5.91 Å². The van der Waals surface area contributed by atoms with E-state index in [0.29, 0.717) is 24.2 Å². The summed E-state index contributed by atoms with van der Waals surface area (Å²) in [4.78, 5) is 31.5. The topological polar surface area (TPSA) is 64.4 Å². The molecule has 1 fully saturated rings. The molecular weight excluding hydrogens is 294 g/mol. The van der Waals surface area contributed by atoms with Crippen molar-refractivity contribution in [3.63, 3.8) is 0 Å². The van der Waals surface area contributed by atoms with Crippen LogP contribution in [0.3, 0.4) is 0 Å². The number of aromatic nitrogens is 2. The first kappa shape index (κ1) is 14.0. The van der Waals surface area contributed by atoms with Gasteiger partial charge in [-0.05, 0) is 26.0 Å². The maximum atomic E-state index is 13.0. The van der Waals surface area contributed by atoms with Crippen LogP contribution in [0.2, 0.25) is 0 Å². The van der Waals surface area contributed by atoms with Gasteiger partial charge in [0.05, 0.1) is 36.1 Å². The van der Waals surface area contributed by atoms with E-state index in [1.165, 1.54) is 0 Å². The van der Waals surface area contributed by atoms with E-state index in [0.717, 1.165) is 11.3 Å². The Morgan fingerprint density at radius 2 is 2.26 bits per heavy atom. The maximum Gasteiger partial charge on any atom is 0.338 e. The van der Waals surface area contributed by atoms with Crippen molar-refractivity contribution >= 4 is 11.9 Å². The average molecular weight is 311 g/mol. The van der Waals surface area contributed by atoms with Gasteiger partial charge in [-0.3, -0.25) is 9.36 Å². The maximum absolute atomic E-state index is 13.0. The Kier molecular flexibility index (Phi) is 2.85. The lowest BCUT2D eigenvalue weighted by Crippen LogP contribution is -2.64. The van der Waals surface area contributed by atoms with Gasteiger partial charge in [-0.25, -0.2) is 9.78 Å². The highest BCUT2D eigenvalue weighted by Gasteiger charge is 2.59. The molecule has 1 aromatic heterocycles. The fourth-order valence-corrected chi connectivity index (χ4v) is 3.53. The first-order valence-corrected chi connectivity index (χ1v) is 7.72. The Morgan fingerprint density at radius 3 is 2.96 bits per heavy atom. The monoisotopic (exact) mass is 311 g/mol. The van der Waals surface area contributed by atoms with Crippen molar-refractivity contribution in [3.8, 4) is 5.69 Å². The van der Waals surface area contributed by atoms with Crippen LogP contribution < -0.4 is 0 Å². The number of nitrogens with zero attached hydrogens (tertiary/aromatic N) is 3. The van der Waals surface area contributed by atoms with Crippen LogP contribution in [-0.2, 0) is 15.1 Å². The van der Waals surface area contributed by atoms with E-state index in [2.05, 4.69) is 4.98 Å². The van der Waals surface area contributed by atoms with Gasteiger partial charge in [0.1, 0.15) is 0 Å². The molecule has 4 rings (SSSR count). The molecule has 23 heavy (non-hydrogen) atoms. The highest BCUT2D eigenvalue weighted by Crippen LogP contribution is 2.46. The van der Waals surface area contributed by atoms with Gasteiger partial charge in [-0.15, -0.1) is 0 Å². The summed E-state index contributed by atoms with van der Waals surface area (Å²) in [7, 11) is 0. The molecule has 2 aromatic rings. The molecule has 0 aliphatic carbocycles. The van der Waals surface area contributed by atoms with Crippen LogP contribution in [0, 0.1) is 6.92 Å². The fraction of sp³-hybridized carbons (Fsp3) is 0.353. The summed E-state index contributed by atoms with van der Waals surface area (Å²) in [6, 6.07) is 5.72. The molecular formula is C17H17N3O3. The van der Waals surface area contributed by atoms with Gasteiger partial charge >= 0.3 is 5.97 Å². The second kappa shape index (κ2) is 4.68. The molecule has 6 heteroatoms. The summed E-state index contributed by atoms with van der Waals surface area (Å²) in [6.07, 6.45) is 3.86. The number of esters is 1. The number of rotatable bonds is 2. The van der Waals surface area contributed by atoms with E-state index < -0.39 is 5.54 Å². The van der Waals surface area contributed by atoms with Gasteiger partial charge in [0, 0.05) is 13.0 Å². The first-order chi connectivity index (χ1) is 11.1. The number of hydrogen-bond acceptors (Lipinski definition) is 4. The Hall–Kier alpha value is -2.63. The molecule has 3 heterocycles. The average Bonchev–Trinajstić information content (AvgIpc) is 2.94. The standard InChI is InChI=1S/C17H17N3O3/c1-3-23-16(22)17-6-7-20(17)15(21)12-8-11(2)4-5-13(12)19-10-18-9-14(17)19/h4-5,8-10H,3,6-7H2,1-2H3/t17-/m0/s1. The summed E-state index contributed by atoms with van der Waals surface area (Å²) in [6.45, 7) is 4.53. The Labute approximate surface area is 133 Å². The normalized spacial score (nSPS) is 21.7. The van der Waals surface area contributed by atoms with E-state index in [9.17, 15) is 9.59 Å². The van der Waals surface area contributed by atoms with Crippen LogP contribution in [0.5, 0.6) is 0 Å². The van der Waals surface area contributed by atoms with Crippen LogP contribution in [0.25, 0.3) is 5.69 Å². The minimum atomic E-state index is -1.06. The molecule has 1 atom stereocenters. The van der Waals surface area contributed by atoms with Gasteiger partial charge in [-0.1, -0.05) is 11.6 Å². The summed E-state index contributed by atoms with van der Waals surface area (Å²) in [5, 5.41) is 0. The van der Waals surface area contributed by atoms with Gasteiger partial charge in [0.15, 0.2) is 5.54 Å². The van der Waals surface area contributed by atoms with Crippen molar-refractivity contribution in [1.82, 2.24) is 14.5 Å². The van der Waals surface area contributed by atoms with E-state index in [1.807, 2.05) is 29.7 Å². The molecule has 0 spiro atoms. The van der Waals surface area contributed by atoms with Crippen molar-refractivity contribution in [2.45, 2.75) is 25.8 Å². The molecule has 0 N–H and O–H groups in total. The predicted molar refractivity (Wildman–Crippen MR) is 82.3 cm³/mol. The van der Waals surface area contributed by atoms with Crippen molar-refractivity contribution in [2.75, 3.05) is 13.2 Å². The number of benzene rings is 1. The zero-order valence-electron chi connectivity index (χ0n) is 13.1. The zero-order chi connectivity index (χ0) is 16.2. The van der Waals surface area contributed by atoms with E-state index >= 15 is 0 Å². The van der Waals surface area contributed by atoms with Crippen molar-refractivity contribution in [2.24, 2.45) is 0 Å². The summed E-state index contributed by atoms with van der Waals surface area (Å²) in [5.41, 5.74) is 1.98. The Bertz CT molecular complexity index is 826. The lowest BCUT2D eigenvalue weighted by Gasteiger charge is -2.49. The first-order valence-electron chi connectivity index (χ1n) is 7.72. The summed E-state index contributed by atoms with van der Waals surface area (Å²) >= 11 is 0. The van der Waals surface area contributed by atoms with Crippen LogP contribution >= 0.6 is 0 Å². The smallest absolute Gasteiger partial charge is 0.338 e. The van der Waals surface area contributed by atoms with Gasteiger partial charge in [0.2, 0.25) is 0 Å². The molecule has 2 aliphatic rings. The van der Waals surface area contributed by atoms with Gasteiger partial charge in [-0.2, -0.15) is 0 Å². The van der Waals surface area contributed by atoms with Gasteiger partial charge < -0.3 is 9.64 Å². The number of carbonyl (C=O) groups excluding carboxylic acids is 2. The highest BCUT2D eigenvalue weighted by atomic mass is 16.5. The van der Waals surface area contributed by atoms with Crippen LogP contribution in [-0.4, -0.2) is 39.5 Å². The lowest BCUT2D eigenvalue weighted by molar-refractivity contribution is -0.165. The number of imidazole rings is 1. The van der Waals surface area contributed by atoms with Crippen molar-refractivity contribution in [1.29, 1.82) is 0 Å². The quantitative estimate of drug-likeness (QED) is 0.793. The summed E-state index contributed by atoms with van der Waals surface area (Å²) < 4.78 is 7.12. The molecule has 0 unspecified atom stereocenters. The van der Waals surface area contributed by atoms with Crippen LogP contribution in [0.15, 0.2) is 30.7 Å². The highest BCUT2D eigenvalue weighted by molar-refractivity contribution is 6.03. The molecule has 6 nitrogen and oxygen atoms in total. The summed E-state index contributed by atoms with van der Waals surface area (Å²) in [5.74, 6) is -0.516. The number of carbonyl (C=O) groups is 2. The third-order valence-corrected chi connectivity index (χ3v) is 4.72. The molecule has 2 aliphatic heterocycles. The molecule has 118 valence electrons. The molecule has 0 saturated carbocycles. The predicted octanol–water partition coefficient (Wildman–Crippen LogP) is 1.80. The largest absolute Gasteiger partial charge is 0.464 e. The molecule has 1 amide bonds. The molecule has 1 saturated heterocycles. The molecule has 0 radical (unpaired) electrons. The molecule has 1 aromatic carbocycles. The second-order valence-corrected chi connectivity index (χ2v) is 5.96. The number of hydrogen-bond donors (Lipinski definition) is 0. The number of ether oxygens (including phenoxy) is 1. The molecule has 0 bridgehead atoms. The third kappa shape index (κ3) is 1.66. The van der Waals surface area contributed by atoms with Crippen LogP contribution in [0.4, 0.5) is 0 Å². The minimum Gasteiger partial charge on any atom is -0.464 e. The lowest BCUT2D eigenvalue weighted by atomic mass is 9.81. The Morgan fingerprint density at radius 1 is 1.43 bits per heavy atom. The van der Waals surface area contributed by atoms with E-state index in [1.54, 1.807) is 24.3 Å². The number of amides is 1. The van der Waals surface area contributed by atoms with E-state index in [4.69, 9.17) is 4.74 Å². The van der Waals surface area contributed by atoms with Crippen molar-refractivity contribution in [3.05, 3.63) is 47.5 Å². The van der Waals surface area contributed by atoms with Crippen molar-refractivity contribution < 1.29 is 14.3 Å². The Balaban J connectivity index is 1.98.